The van der Waals surface area contributed by atoms with Crippen LogP contribution in [0.2, 0.25) is 0 Å². The van der Waals surface area contributed by atoms with Crippen LogP contribution in [0.1, 0.15) is 88.8 Å². The summed E-state index contributed by atoms with van der Waals surface area (Å²) in [5.41, 5.74) is 2.80. The Kier molecular flexibility index (Phi) is 10.2. The van der Waals surface area contributed by atoms with Gasteiger partial charge in [-0.2, -0.15) is 0 Å². The van der Waals surface area contributed by atoms with Gasteiger partial charge in [0, 0.05) is 6.04 Å². The summed E-state index contributed by atoms with van der Waals surface area (Å²) in [5.74, 6) is 0. The Hall–Kier alpha value is -0.820. The topological polar surface area (TPSA) is 12.0 Å². The number of hydrogen-bond acceptors (Lipinski definition) is 1. The molecule has 1 heteroatoms. The molecule has 0 bridgehead atoms. The minimum Gasteiger partial charge on any atom is -0.310 e. The lowest BCUT2D eigenvalue weighted by molar-refractivity contribution is 0.475. The van der Waals surface area contributed by atoms with Gasteiger partial charge in [-0.25, -0.2) is 0 Å². The first kappa shape index (κ1) is 18.2. The Balaban J connectivity index is 2.21. The first-order valence-electron chi connectivity index (χ1n) is 9.07. The molecule has 21 heavy (non-hydrogen) atoms. The summed E-state index contributed by atoms with van der Waals surface area (Å²) in [6, 6.07) is 9.57. The third-order valence-electron chi connectivity index (χ3n) is 4.28. The molecule has 0 aliphatic rings. The van der Waals surface area contributed by atoms with Crippen molar-refractivity contribution in [3.8, 4) is 0 Å². The molecule has 1 rings (SSSR count). The highest BCUT2D eigenvalue weighted by atomic mass is 14.9. The van der Waals surface area contributed by atoms with Crippen LogP contribution in [0.5, 0.6) is 0 Å². The minimum absolute atomic E-state index is 0.538. The van der Waals surface area contributed by atoms with E-state index in [0.717, 1.165) is 6.54 Å². The van der Waals surface area contributed by atoms with Crippen LogP contribution >= 0.6 is 0 Å². The Labute approximate surface area is 132 Å². The molecule has 1 aromatic rings. The zero-order valence-electron chi connectivity index (χ0n) is 14.5. The molecule has 1 atom stereocenters. The highest BCUT2D eigenvalue weighted by Crippen LogP contribution is 2.21. The summed E-state index contributed by atoms with van der Waals surface area (Å²) >= 11 is 0. The molecule has 0 fully saturated rings. The van der Waals surface area contributed by atoms with E-state index in [1.54, 1.807) is 0 Å². The maximum absolute atomic E-state index is 3.64. The molecule has 1 aromatic carbocycles. The lowest BCUT2D eigenvalue weighted by Gasteiger charge is -2.18. The molecule has 0 saturated heterocycles. The molecule has 0 radical (unpaired) electrons. The van der Waals surface area contributed by atoms with Crippen molar-refractivity contribution < 1.29 is 0 Å². The van der Waals surface area contributed by atoms with Gasteiger partial charge in [0.25, 0.3) is 0 Å². The van der Waals surface area contributed by atoms with Gasteiger partial charge in [-0.1, -0.05) is 95.0 Å². The van der Waals surface area contributed by atoms with Crippen LogP contribution in [-0.2, 0) is 0 Å². The first-order chi connectivity index (χ1) is 10.3. The standard InChI is InChI=1S/C20H35N/c1-4-6-7-8-9-10-11-12-13-20(21-5-2)19-16-14-18(3)15-17-19/h14-17,20-21H,4-13H2,1-3H3. The third-order valence-corrected chi connectivity index (χ3v) is 4.28. The van der Waals surface area contributed by atoms with Crippen molar-refractivity contribution in [3.05, 3.63) is 35.4 Å². The quantitative estimate of drug-likeness (QED) is 0.453. The highest BCUT2D eigenvalue weighted by Gasteiger charge is 2.09. The van der Waals surface area contributed by atoms with Gasteiger partial charge < -0.3 is 5.32 Å². The van der Waals surface area contributed by atoms with Gasteiger partial charge in [0.15, 0.2) is 0 Å². The van der Waals surface area contributed by atoms with Gasteiger partial charge in [0.1, 0.15) is 0 Å². The lowest BCUT2D eigenvalue weighted by Crippen LogP contribution is -2.20. The maximum Gasteiger partial charge on any atom is 0.0320 e. The predicted molar refractivity (Wildman–Crippen MR) is 94.8 cm³/mol. The largest absolute Gasteiger partial charge is 0.310 e. The van der Waals surface area contributed by atoms with E-state index in [4.69, 9.17) is 0 Å². The fraction of sp³-hybridized carbons (Fsp3) is 0.700. The van der Waals surface area contributed by atoms with Crippen LogP contribution in [0.25, 0.3) is 0 Å². The van der Waals surface area contributed by atoms with Crippen molar-refractivity contribution in [2.45, 2.75) is 84.6 Å². The van der Waals surface area contributed by atoms with Crippen LogP contribution < -0.4 is 5.32 Å². The van der Waals surface area contributed by atoms with E-state index in [-0.39, 0.29) is 0 Å². The Morgan fingerprint density at radius 1 is 0.810 bits per heavy atom. The number of unbranched alkanes of at least 4 members (excludes halogenated alkanes) is 7. The zero-order chi connectivity index (χ0) is 15.3. The van der Waals surface area contributed by atoms with Gasteiger partial charge in [0.05, 0.1) is 0 Å². The number of benzene rings is 1. The number of aryl methyl sites for hydroxylation is 1. The average molecular weight is 290 g/mol. The van der Waals surface area contributed by atoms with Crippen LogP contribution in [-0.4, -0.2) is 6.54 Å². The van der Waals surface area contributed by atoms with E-state index in [9.17, 15) is 0 Å². The molecule has 0 aliphatic carbocycles. The second-order valence-corrected chi connectivity index (χ2v) is 6.28. The highest BCUT2D eigenvalue weighted by molar-refractivity contribution is 5.24. The molecule has 1 nitrogen and oxygen atoms in total. The average Bonchev–Trinajstić information content (AvgIpc) is 2.50. The van der Waals surface area contributed by atoms with Crippen molar-refractivity contribution in [2.75, 3.05) is 6.54 Å². The number of nitrogens with one attached hydrogen (secondary N) is 1. The van der Waals surface area contributed by atoms with Crippen molar-refractivity contribution in [1.82, 2.24) is 5.32 Å². The Morgan fingerprint density at radius 2 is 1.38 bits per heavy atom. The lowest BCUT2D eigenvalue weighted by atomic mass is 9.98. The molecule has 120 valence electrons. The Bertz CT molecular complexity index is 341. The molecule has 0 saturated carbocycles. The van der Waals surface area contributed by atoms with Gasteiger partial charge >= 0.3 is 0 Å². The predicted octanol–water partition coefficient (Wildman–Crippen LogP) is 6.18. The smallest absolute Gasteiger partial charge is 0.0320 e. The van der Waals surface area contributed by atoms with E-state index >= 15 is 0 Å². The van der Waals surface area contributed by atoms with Crippen molar-refractivity contribution in [1.29, 1.82) is 0 Å². The van der Waals surface area contributed by atoms with Gasteiger partial charge in [-0.15, -0.1) is 0 Å². The summed E-state index contributed by atoms with van der Waals surface area (Å²) in [7, 11) is 0. The van der Waals surface area contributed by atoms with Crippen LogP contribution in [0, 0.1) is 6.92 Å². The van der Waals surface area contributed by atoms with E-state index in [1.807, 2.05) is 0 Å². The SMILES string of the molecule is CCCCCCCCCCC(NCC)c1ccc(C)cc1. The third kappa shape index (κ3) is 8.26. The van der Waals surface area contributed by atoms with E-state index in [2.05, 4.69) is 50.4 Å². The molecule has 0 spiro atoms. The first-order valence-corrected chi connectivity index (χ1v) is 9.07. The van der Waals surface area contributed by atoms with Crippen LogP contribution in [0.4, 0.5) is 0 Å². The Morgan fingerprint density at radius 3 is 1.95 bits per heavy atom. The van der Waals surface area contributed by atoms with E-state index < -0.39 is 0 Å². The summed E-state index contributed by atoms with van der Waals surface area (Å²) in [6.45, 7) is 7.70. The molecule has 1 N–H and O–H groups in total. The van der Waals surface area contributed by atoms with Crippen molar-refractivity contribution >= 4 is 0 Å². The van der Waals surface area contributed by atoms with Gasteiger partial charge in [-0.05, 0) is 25.5 Å². The van der Waals surface area contributed by atoms with Crippen molar-refractivity contribution in [3.63, 3.8) is 0 Å². The van der Waals surface area contributed by atoms with Crippen molar-refractivity contribution in [2.24, 2.45) is 0 Å². The van der Waals surface area contributed by atoms with Gasteiger partial charge in [0.2, 0.25) is 0 Å². The normalized spacial score (nSPS) is 12.5. The van der Waals surface area contributed by atoms with Gasteiger partial charge in [-0.3, -0.25) is 0 Å². The summed E-state index contributed by atoms with van der Waals surface area (Å²) in [5, 5.41) is 3.64. The minimum atomic E-state index is 0.538. The monoisotopic (exact) mass is 289 g/mol. The molecule has 0 amide bonds. The van der Waals surface area contributed by atoms with Crippen LogP contribution in [0.15, 0.2) is 24.3 Å². The van der Waals surface area contributed by atoms with Crippen LogP contribution in [0.3, 0.4) is 0 Å². The second kappa shape index (κ2) is 11.8. The molecule has 0 aliphatic heterocycles. The molecule has 1 unspecified atom stereocenters. The fourth-order valence-corrected chi connectivity index (χ4v) is 2.91. The molecule has 0 aromatic heterocycles. The summed E-state index contributed by atoms with van der Waals surface area (Å²) < 4.78 is 0. The summed E-state index contributed by atoms with van der Waals surface area (Å²) in [6.07, 6.45) is 12.5. The summed E-state index contributed by atoms with van der Waals surface area (Å²) in [4.78, 5) is 0. The second-order valence-electron chi connectivity index (χ2n) is 6.28. The molecular formula is C20H35N. The molecular weight excluding hydrogens is 254 g/mol. The fourth-order valence-electron chi connectivity index (χ4n) is 2.91. The van der Waals surface area contributed by atoms with E-state index in [0.29, 0.717) is 6.04 Å². The zero-order valence-corrected chi connectivity index (χ0v) is 14.5. The number of rotatable bonds is 12. The molecule has 0 heterocycles. The maximum atomic E-state index is 3.64. The van der Waals surface area contributed by atoms with E-state index in [1.165, 1.54) is 68.9 Å². The number of hydrogen-bond donors (Lipinski definition) is 1.